The second-order valence-electron chi connectivity index (χ2n) is 4.08. The highest BCUT2D eigenvalue weighted by Gasteiger charge is 2.11. The number of pyridine rings is 1. The molecule has 98 valence electrons. The molecule has 0 saturated carbocycles. The summed E-state index contributed by atoms with van der Waals surface area (Å²) >= 11 is 4.99. The van der Waals surface area contributed by atoms with E-state index in [9.17, 15) is 0 Å². The molecule has 0 unspecified atom stereocenters. The van der Waals surface area contributed by atoms with Gasteiger partial charge in [-0.05, 0) is 46.3 Å². The summed E-state index contributed by atoms with van der Waals surface area (Å²) in [5.41, 5.74) is 0. The summed E-state index contributed by atoms with van der Waals surface area (Å²) in [5.74, 6) is 1.64. The molecule has 2 heterocycles. The van der Waals surface area contributed by atoms with Crippen LogP contribution in [-0.4, -0.2) is 18.2 Å². The quantitative estimate of drug-likeness (QED) is 0.823. The van der Waals surface area contributed by atoms with Gasteiger partial charge in [0.2, 0.25) is 0 Å². The van der Waals surface area contributed by atoms with Crippen LogP contribution < -0.4 is 9.47 Å². The van der Waals surface area contributed by atoms with Crippen LogP contribution in [0.2, 0.25) is 0 Å². The van der Waals surface area contributed by atoms with Crippen LogP contribution in [0.3, 0.4) is 0 Å². The fourth-order valence-corrected chi connectivity index (χ4v) is 2.77. The lowest BCUT2D eigenvalue weighted by molar-refractivity contribution is 0.297. The maximum Gasteiger partial charge on any atom is 0.162 e. The smallest absolute Gasteiger partial charge is 0.162 e. The molecule has 2 aromatic rings. The summed E-state index contributed by atoms with van der Waals surface area (Å²) in [5, 5.41) is 0.956. The predicted molar refractivity (Wildman–Crippen MR) is 78.1 cm³/mol. The van der Waals surface area contributed by atoms with Crippen molar-refractivity contribution in [1.82, 2.24) is 4.98 Å². The van der Waals surface area contributed by atoms with Crippen LogP contribution in [0.15, 0.2) is 50.9 Å². The minimum atomic E-state index is 0.706. The van der Waals surface area contributed by atoms with Gasteiger partial charge in [0.05, 0.1) is 13.2 Å². The zero-order chi connectivity index (χ0) is 13.1. The van der Waals surface area contributed by atoms with Gasteiger partial charge < -0.3 is 9.47 Å². The minimum Gasteiger partial charge on any atom is -0.490 e. The van der Waals surface area contributed by atoms with E-state index in [2.05, 4.69) is 20.9 Å². The largest absolute Gasteiger partial charge is 0.490 e. The molecule has 1 aliphatic heterocycles. The van der Waals surface area contributed by atoms with Crippen LogP contribution in [0.4, 0.5) is 0 Å². The van der Waals surface area contributed by atoms with Crippen LogP contribution in [0.25, 0.3) is 0 Å². The molecule has 0 N–H and O–H groups in total. The maximum atomic E-state index is 5.68. The van der Waals surface area contributed by atoms with E-state index in [1.54, 1.807) is 18.0 Å². The molecule has 3 nitrogen and oxygen atoms in total. The highest BCUT2D eigenvalue weighted by Crippen LogP contribution is 2.36. The number of hydrogen-bond donors (Lipinski definition) is 0. The van der Waals surface area contributed by atoms with Gasteiger partial charge in [-0.15, -0.1) is 0 Å². The van der Waals surface area contributed by atoms with Gasteiger partial charge in [-0.1, -0.05) is 11.8 Å². The zero-order valence-electron chi connectivity index (χ0n) is 10.1. The summed E-state index contributed by atoms with van der Waals surface area (Å²) in [6, 6.07) is 9.97. The van der Waals surface area contributed by atoms with Crippen LogP contribution in [-0.2, 0) is 0 Å². The van der Waals surface area contributed by atoms with E-state index in [1.807, 2.05) is 30.3 Å². The maximum absolute atomic E-state index is 5.68. The lowest BCUT2D eigenvalue weighted by atomic mass is 10.3. The normalized spacial score (nSPS) is 13.9. The molecule has 0 spiro atoms. The molecule has 0 fully saturated rings. The Balaban J connectivity index is 1.81. The van der Waals surface area contributed by atoms with Crippen LogP contribution in [0.5, 0.6) is 11.5 Å². The van der Waals surface area contributed by atoms with Crippen molar-refractivity contribution in [2.45, 2.75) is 16.3 Å². The van der Waals surface area contributed by atoms with Gasteiger partial charge in [0, 0.05) is 22.0 Å². The van der Waals surface area contributed by atoms with Crippen molar-refractivity contribution in [2.24, 2.45) is 0 Å². The monoisotopic (exact) mass is 337 g/mol. The van der Waals surface area contributed by atoms with Crippen molar-refractivity contribution >= 4 is 27.7 Å². The van der Waals surface area contributed by atoms with Crippen molar-refractivity contribution in [3.05, 3.63) is 41.0 Å². The first-order valence-electron chi connectivity index (χ1n) is 6.00. The number of nitrogens with zero attached hydrogens (tertiary/aromatic N) is 1. The molecule has 1 aliphatic rings. The number of rotatable bonds is 2. The Kier molecular flexibility index (Phi) is 3.94. The van der Waals surface area contributed by atoms with E-state index in [4.69, 9.17) is 9.47 Å². The third-order valence-corrected chi connectivity index (χ3v) is 4.05. The summed E-state index contributed by atoms with van der Waals surface area (Å²) in [6.45, 7) is 1.42. The molecule has 0 saturated heterocycles. The Morgan fingerprint density at radius 1 is 1.05 bits per heavy atom. The number of fused-ring (bicyclic) bond motifs is 1. The average molecular weight is 338 g/mol. The van der Waals surface area contributed by atoms with E-state index >= 15 is 0 Å². The first kappa shape index (κ1) is 12.8. The van der Waals surface area contributed by atoms with Gasteiger partial charge in [0.25, 0.3) is 0 Å². The van der Waals surface area contributed by atoms with E-state index in [0.29, 0.717) is 13.2 Å². The molecule has 1 aromatic heterocycles. The Morgan fingerprint density at radius 3 is 2.68 bits per heavy atom. The Morgan fingerprint density at radius 2 is 1.89 bits per heavy atom. The average Bonchev–Trinajstić information content (AvgIpc) is 2.66. The van der Waals surface area contributed by atoms with Crippen molar-refractivity contribution < 1.29 is 9.47 Å². The van der Waals surface area contributed by atoms with Crippen LogP contribution >= 0.6 is 27.7 Å². The van der Waals surface area contributed by atoms with Gasteiger partial charge in [0.15, 0.2) is 11.5 Å². The topological polar surface area (TPSA) is 31.4 Å². The Hall–Kier alpha value is -1.20. The fraction of sp³-hybridized carbons (Fsp3) is 0.214. The molecule has 0 atom stereocenters. The first-order chi connectivity index (χ1) is 9.31. The molecule has 0 radical (unpaired) electrons. The Labute approximate surface area is 124 Å². The SMILES string of the molecule is Brc1ccc(Sc2ccc3c(c2)OCCCO3)nc1. The standard InChI is InChI=1S/C14H12BrNO2S/c15-10-2-5-14(16-9-10)19-11-3-4-12-13(8-11)18-7-1-6-17-12/h2-5,8-9H,1,6-7H2. The zero-order valence-corrected chi connectivity index (χ0v) is 12.5. The van der Waals surface area contributed by atoms with Gasteiger partial charge in [-0.25, -0.2) is 4.98 Å². The lowest BCUT2D eigenvalue weighted by Gasteiger charge is -2.08. The molecule has 19 heavy (non-hydrogen) atoms. The summed E-state index contributed by atoms with van der Waals surface area (Å²) in [7, 11) is 0. The molecule has 5 heteroatoms. The molecule has 0 bridgehead atoms. The highest BCUT2D eigenvalue weighted by molar-refractivity contribution is 9.10. The molecule has 0 amide bonds. The van der Waals surface area contributed by atoms with Crippen molar-refractivity contribution in [3.63, 3.8) is 0 Å². The molecular formula is C14H12BrNO2S. The van der Waals surface area contributed by atoms with Crippen LogP contribution in [0.1, 0.15) is 6.42 Å². The number of ether oxygens (including phenoxy) is 2. The minimum absolute atomic E-state index is 0.706. The van der Waals surface area contributed by atoms with Gasteiger partial charge in [0.1, 0.15) is 5.03 Å². The molecule has 1 aromatic carbocycles. The molecular weight excluding hydrogens is 326 g/mol. The predicted octanol–water partition coefficient (Wildman–Crippen LogP) is 4.16. The van der Waals surface area contributed by atoms with Gasteiger partial charge in [-0.3, -0.25) is 0 Å². The second-order valence-corrected chi connectivity index (χ2v) is 6.09. The third-order valence-electron chi connectivity index (χ3n) is 2.64. The van der Waals surface area contributed by atoms with Crippen molar-refractivity contribution in [3.8, 4) is 11.5 Å². The van der Waals surface area contributed by atoms with Crippen LogP contribution in [0, 0.1) is 0 Å². The summed E-state index contributed by atoms with van der Waals surface area (Å²) in [6.07, 6.45) is 2.72. The number of hydrogen-bond acceptors (Lipinski definition) is 4. The van der Waals surface area contributed by atoms with Gasteiger partial charge >= 0.3 is 0 Å². The number of aromatic nitrogens is 1. The lowest BCUT2D eigenvalue weighted by Crippen LogP contribution is -1.97. The number of halogens is 1. The fourth-order valence-electron chi connectivity index (χ4n) is 1.75. The molecule has 0 aliphatic carbocycles. The second kappa shape index (κ2) is 5.84. The van der Waals surface area contributed by atoms with Gasteiger partial charge in [-0.2, -0.15) is 0 Å². The highest BCUT2D eigenvalue weighted by atomic mass is 79.9. The number of benzene rings is 1. The Bertz CT molecular complexity index is 574. The van der Waals surface area contributed by atoms with E-state index in [-0.39, 0.29) is 0 Å². The van der Waals surface area contributed by atoms with E-state index in [0.717, 1.165) is 32.3 Å². The van der Waals surface area contributed by atoms with E-state index < -0.39 is 0 Å². The first-order valence-corrected chi connectivity index (χ1v) is 7.61. The third kappa shape index (κ3) is 3.22. The van der Waals surface area contributed by atoms with Crippen molar-refractivity contribution in [1.29, 1.82) is 0 Å². The summed E-state index contributed by atoms with van der Waals surface area (Å²) < 4.78 is 12.3. The molecule has 3 rings (SSSR count). The van der Waals surface area contributed by atoms with E-state index in [1.165, 1.54) is 0 Å². The summed E-state index contributed by atoms with van der Waals surface area (Å²) in [4.78, 5) is 5.44. The van der Waals surface area contributed by atoms with Crippen molar-refractivity contribution in [2.75, 3.05) is 13.2 Å².